The molecule has 160 valence electrons. The van der Waals surface area contributed by atoms with E-state index in [1.165, 1.54) is 0 Å². The number of aliphatic hydroxyl groups is 2. The zero-order valence-corrected chi connectivity index (χ0v) is 17.6. The van der Waals surface area contributed by atoms with E-state index in [4.69, 9.17) is 9.47 Å². The predicted molar refractivity (Wildman–Crippen MR) is 105 cm³/mol. The van der Waals surface area contributed by atoms with Crippen LogP contribution in [-0.4, -0.2) is 46.1 Å². The van der Waals surface area contributed by atoms with Crippen LogP contribution in [0.4, 0.5) is 0 Å². The molecule has 28 heavy (non-hydrogen) atoms. The first-order chi connectivity index (χ1) is 13.0. The SMILES string of the molecule is C=CCC1CC(C)CCCC2(C)OC2C(O)C(O)OC(=O)CCC(C)(C)C1=O. The number of rotatable bonds is 2. The first kappa shape index (κ1) is 23.0. The topological polar surface area (TPSA) is 96.4 Å². The Morgan fingerprint density at radius 2 is 1.89 bits per heavy atom. The highest BCUT2D eigenvalue weighted by Gasteiger charge is 2.57. The summed E-state index contributed by atoms with van der Waals surface area (Å²) in [5.74, 6) is -0.231. The van der Waals surface area contributed by atoms with Crippen molar-refractivity contribution in [3.63, 3.8) is 0 Å². The van der Waals surface area contributed by atoms with E-state index in [9.17, 15) is 19.8 Å². The van der Waals surface area contributed by atoms with Crippen LogP contribution in [-0.2, 0) is 19.1 Å². The highest BCUT2D eigenvalue weighted by Crippen LogP contribution is 2.44. The quantitative estimate of drug-likeness (QED) is 0.423. The maximum absolute atomic E-state index is 13.1. The maximum Gasteiger partial charge on any atom is 0.308 e. The number of epoxide rings is 1. The van der Waals surface area contributed by atoms with E-state index in [1.54, 1.807) is 6.08 Å². The largest absolute Gasteiger partial charge is 0.433 e. The number of hydrogen-bond acceptors (Lipinski definition) is 6. The molecule has 2 heterocycles. The minimum Gasteiger partial charge on any atom is -0.433 e. The van der Waals surface area contributed by atoms with E-state index in [2.05, 4.69) is 13.5 Å². The van der Waals surface area contributed by atoms with Gasteiger partial charge in [0.15, 0.2) is 0 Å². The molecule has 0 aliphatic carbocycles. The van der Waals surface area contributed by atoms with Crippen molar-refractivity contribution in [2.45, 2.75) is 96.7 Å². The second-order valence-electron chi connectivity index (χ2n) is 9.42. The molecule has 0 aromatic heterocycles. The molecule has 0 saturated carbocycles. The van der Waals surface area contributed by atoms with Crippen LogP contribution >= 0.6 is 0 Å². The average Bonchev–Trinajstić information content (AvgIpc) is 3.29. The van der Waals surface area contributed by atoms with Gasteiger partial charge in [-0.15, -0.1) is 6.58 Å². The van der Waals surface area contributed by atoms with Gasteiger partial charge in [-0.05, 0) is 38.5 Å². The number of fused-ring (bicyclic) bond motifs is 1. The number of hydrogen-bond donors (Lipinski definition) is 2. The Bertz CT molecular complexity index is 586. The molecule has 6 atom stereocenters. The zero-order valence-electron chi connectivity index (χ0n) is 17.6. The molecule has 2 aliphatic rings. The molecular formula is C22H36O6. The molecule has 2 aliphatic heterocycles. The lowest BCUT2D eigenvalue weighted by Crippen LogP contribution is -2.38. The fourth-order valence-electron chi connectivity index (χ4n) is 4.31. The first-order valence-corrected chi connectivity index (χ1v) is 10.4. The zero-order chi connectivity index (χ0) is 21.1. The van der Waals surface area contributed by atoms with Gasteiger partial charge in [0.2, 0.25) is 6.29 Å². The fourth-order valence-corrected chi connectivity index (χ4v) is 4.31. The lowest BCUT2D eigenvalue weighted by molar-refractivity contribution is -0.189. The molecule has 0 aromatic carbocycles. The number of allylic oxidation sites excluding steroid dienone is 1. The smallest absolute Gasteiger partial charge is 0.308 e. The molecule has 6 heteroatoms. The van der Waals surface area contributed by atoms with Gasteiger partial charge in [0, 0.05) is 17.8 Å². The normalized spacial score (nSPS) is 40.3. The van der Waals surface area contributed by atoms with Crippen molar-refractivity contribution in [2.75, 3.05) is 0 Å². The van der Waals surface area contributed by atoms with E-state index in [-0.39, 0.29) is 18.1 Å². The fraction of sp³-hybridized carbons (Fsp3) is 0.818. The number of aliphatic hydroxyl groups excluding tert-OH is 2. The van der Waals surface area contributed by atoms with Crippen LogP contribution in [0.5, 0.6) is 0 Å². The first-order valence-electron chi connectivity index (χ1n) is 10.4. The van der Waals surface area contributed by atoms with E-state index in [1.807, 2.05) is 20.8 Å². The number of carbonyl (C=O) groups is 2. The molecule has 0 amide bonds. The third-order valence-corrected chi connectivity index (χ3v) is 6.30. The van der Waals surface area contributed by atoms with Crippen LogP contribution in [0.1, 0.15) is 72.6 Å². The second kappa shape index (κ2) is 9.06. The number of ketones is 1. The molecule has 0 aromatic rings. The average molecular weight is 397 g/mol. The number of carbonyl (C=O) groups excluding carboxylic acids is 2. The summed E-state index contributed by atoms with van der Waals surface area (Å²) in [6.07, 6.45) is 2.70. The highest BCUT2D eigenvalue weighted by atomic mass is 16.7. The predicted octanol–water partition coefficient (Wildman–Crippen LogP) is 3.14. The lowest BCUT2D eigenvalue weighted by atomic mass is 9.74. The van der Waals surface area contributed by atoms with E-state index in [0.717, 1.165) is 25.7 Å². The van der Waals surface area contributed by atoms with Crippen LogP contribution in [0.3, 0.4) is 0 Å². The van der Waals surface area contributed by atoms with Gasteiger partial charge >= 0.3 is 5.97 Å². The Balaban J connectivity index is 2.15. The van der Waals surface area contributed by atoms with Crippen LogP contribution in [0.25, 0.3) is 0 Å². The van der Waals surface area contributed by atoms with Gasteiger partial charge in [0.25, 0.3) is 0 Å². The van der Waals surface area contributed by atoms with Crippen molar-refractivity contribution in [3.8, 4) is 0 Å². The van der Waals surface area contributed by atoms with Crippen molar-refractivity contribution < 1.29 is 29.3 Å². The van der Waals surface area contributed by atoms with Gasteiger partial charge in [0.1, 0.15) is 18.0 Å². The van der Waals surface area contributed by atoms with Crippen molar-refractivity contribution >= 4 is 11.8 Å². The third-order valence-electron chi connectivity index (χ3n) is 6.30. The lowest BCUT2D eigenvalue weighted by Gasteiger charge is -2.29. The molecule has 2 fully saturated rings. The highest BCUT2D eigenvalue weighted by molar-refractivity contribution is 5.87. The summed E-state index contributed by atoms with van der Waals surface area (Å²) in [5, 5.41) is 20.3. The molecule has 0 radical (unpaired) electrons. The van der Waals surface area contributed by atoms with E-state index in [0.29, 0.717) is 18.8 Å². The van der Waals surface area contributed by atoms with Crippen LogP contribution in [0, 0.1) is 17.3 Å². The van der Waals surface area contributed by atoms with Gasteiger partial charge in [-0.3, -0.25) is 9.59 Å². The van der Waals surface area contributed by atoms with Crippen molar-refractivity contribution in [3.05, 3.63) is 12.7 Å². The van der Waals surface area contributed by atoms with Crippen molar-refractivity contribution in [2.24, 2.45) is 17.3 Å². The summed E-state index contributed by atoms with van der Waals surface area (Å²) < 4.78 is 10.6. The summed E-state index contributed by atoms with van der Waals surface area (Å²) >= 11 is 0. The van der Waals surface area contributed by atoms with Gasteiger partial charge in [0.05, 0.1) is 5.60 Å². The molecule has 2 N–H and O–H groups in total. The van der Waals surface area contributed by atoms with Crippen molar-refractivity contribution in [1.82, 2.24) is 0 Å². The monoisotopic (exact) mass is 396 g/mol. The minimum absolute atomic E-state index is 0.00166. The van der Waals surface area contributed by atoms with E-state index < -0.39 is 35.5 Å². The Morgan fingerprint density at radius 3 is 2.54 bits per heavy atom. The van der Waals surface area contributed by atoms with Gasteiger partial charge in [-0.25, -0.2) is 0 Å². The standard InChI is InChI=1S/C22H36O6/c1-6-8-15-13-14(2)9-7-11-22(5)19(28-22)17(24)20(26)27-16(23)10-12-21(3,4)18(15)25/h6,14-15,17,19-20,24,26H,1,7-13H2,2-5H3. The summed E-state index contributed by atoms with van der Waals surface area (Å²) in [6.45, 7) is 11.6. The minimum atomic E-state index is -1.63. The van der Waals surface area contributed by atoms with Crippen LogP contribution in [0.15, 0.2) is 12.7 Å². The molecule has 0 spiro atoms. The molecule has 6 nitrogen and oxygen atoms in total. The summed E-state index contributed by atoms with van der Waals surface area (Å²) in [4.78, 5) is 25.2. The van der Waals surface area contributed by atoms with Gasteiger partial charge < -0.3 is 19.7 Å². The number of cyclic esters (lactones) is 1. The molecule has 0 bridgehead atoms. The number of esters is 1. The Labute approximate surface area is 168 Å². The molecule has 2 saturated heterocycles. The van der Waals surface area contributed by atoms with E-state index >= 15 is 0 Å². The summed E-state index contributed by atoms with van der Waals surface area (Å²) in [6, 6.07) is 0. The number of ether oxygens (including phenoxy) is 2. The van der Waals surface area contributed by atoms with Gasteiger partial charge in [-0.1, -0.05) is 39.7 Å². The Morgan fingerprint density at radius 1 is 1.21 bits per heavy atom. The summed E-state index contributed by atoms with van der Waals surface area (Å²) in [5.41, 5.74) is -1.19. The third kappa shape index (κ3) is 5.65. The van der Waals surface area contributed by atoms with Gasteiger partial charge in [-0.2, -0.15) is 0 Å². The maximum atomic E-state index is 13.1. The molecule has 2 rings (SSSR count). The molecular weight excluding hydrogens is 360 g/mol. The Kier molecular flexibility index (Phi) is 7.45. The second-order valence-corrected chi connectivity index (χ2v) is 9.42. The number of Topliss-reactive ketones (excluding diaryl/α,β-unsaturated/α-hetero) is 1. The molecule has 6 unspecified atom stereocenters. The van der Waals surface area contributed by atoms with Crippen molar-refractivity contribution in [1.29, 1.82) is 0 Å². The summed E-state index contributed by atoms with van der Waals surface area (Å²) in [7, 11) is 0. The Hall–Kier alpha value is -1.24. The van der Waals surface area contributed by atoms with Crippen LogP contribution < -0.4 is 0 Å². The van der Waals surface area contributed by atoms with Crippen LogP contribution in [0.2, 0.25) is 0 Å².